The summed E-state index contributed by atoms with van der Waals surface area (Å²) in [5, 5.41) is 7.70. The molecule has 1 fully saturated rings. The van der Waals surface area contributed by atoms with Crippen LogP contribution >= 0.6 is 12.2 Å². The molecule has 1 saturated heterocycles. The molecule has 1 aliphatic heterocycles. The third-order valence-corrected chi connectivity index (χ3v) is 3.94. The summed E-state index contributed by atoms with van der Waals surface area (Å²) in [4.78, 5) is 14.2. The summed E-state index contributed by atoms with van der Waals surface area (Å²) in [6, 6.07) is 9.58. The zero-order valence-electron chi connectivity index (χ0n) is 12.6. The van der Waals surface area contributed by atoms with Crippen LogP contribution in [0.25, 0.3) is 6.08 Å². The van der Waals surface area contributed by atoms with Gasteiger partial charge in [0.15, 0.2) is 5.11 Å². The Hall–Kier alpha value is -2.47. The molecule has 2 heterocycles. The molecule has 1 amide bonds. The summed E-state index contributed by atoms with van der Waals surface area (Å²) in [5.74, 6) is -0.164. The van der Waals surface area contributed by atoms with Gasteiger partial charge >= 0.3 is 0 Å². The molecule has 1 aromatic carbocycles. The number of anilines is 1. The first-order chi connectivity index (χ1) is 10.5. The Bertz CT molecular complexity index is 787. The second kappa shape index (κ2) is 5.38. The maximum Gasteiger partial charge on any atom is 0.281 e. The summed E-state index contributed by atoms with van der Waals surface area (Å²) in [6.45, 7) is 3.91. The molecular weight excluding hydrogens is 296 g/mol. The molecule has 1 aliphatic rings. The van der Waals surface area contributed by atoms with Gasteiger partial charge in [0, 0.05) is 12.7 Å². The Morgan fingerprint density at radius 2 is 2.00 bits per heavy atom. The van der Waals surface area contributed by atoms with E-state index in [4.69, 9.17) is 12.2 Å². The largest absolute Gasteiger partial charge is 0.327 e. The highest BCUT2D eigenvalue weighted by atomic mass is 32.1. The molecule has 0 saturated carbocycles. The lowest BCUT2D eigenvalue weighted by molar-refractivity contribution is -0.113. The minimum Gasteiger partial charge on any atom is -0.327 e. The molecule has 0 unspecified atom stereocenters. The molecule has 6 heteroatoms. The molecule has 2 aromatic rings. The van der Waals surface area contributed by atoms with Gasteiger partial charge in [-0.25, -0.2) is 0 Å². The fourth-order valence-corrected chi connectivity index (χ4v) is 2.67. The number of amides is 1. The molecule has 112 valence electrons. The van der Waals surface area contributed by atoms with Crippen LogP contribution in [0.5, 0.6) is 0 Å². The number of nitrogens with one attached hydrogen (secondary N) is 1. The van der Waals surface area contributed by atoms with Gasteiger partial charge in [0.25, 0.3) is 5.91 Å². The predicted molar refractivity (Wildman–Crippen MR) is 90.3 cm³/mol. The van der Waals surface area contributed by atoms with Gasteiger partial charge in [-0.3, -0.25) is 14.4 Å². The summed E-state index contributed by atoms with van der Waals surface area (Å²) in [5.41, 5.74) is 3.98. The number of aryl methyl sites for hydroxylation is 3. The first kappa shape index (κ1) is 14.5. The molecule has 0 bridgehead atoms. The number of benzene rings is 1. The fourth-order valence-electron chi connectivity index (χ4n) is 2.37. The highest BCUT2D eigenvalue weighted by molar-refractivity contribution is 7.80. The van der Waals surface area contributed by atoms with Gasteiger partial charge in [-0.2, -0.15) is 5.10 Å². The van der Waals surface area contributed by atoms with Crippen LogP contribution in [0.2, 0.25) is 0 Å². The number of hydrogen-bond acceptors (Lipinski definition) is 3. The summed E-state index contributed by atoms with van der Waals surface area (Å²) < 4.78 is 1.77. The van der Waals surface area contributed by atoms with Crippen LogP contribution in [-0.4, -0.2) is 20.8 Å². The number of para-hydroxylation sites is 1. The van der Waals surface area contributed by atoms with Crippen LogP contribution in [0.1, 0.15) is 17.0 Å². The van der Waals surface area contributed by atoms with E-state index in [9.17, 15) is 4.79 Å². The molecule has 3 rings (SSSR count). The van der Waals surface area contributed by atoms with Crippen molar-refractivity contribution in [1.29, 1.82) is 0 Å². The predicted octanol–water partition coefficient (Wildman–Crippen LogP) is 2.30. The van der Waals surface area contributed by atoms with Gasteiger partial charge in [-0.15, -0.1) is 0 Å². The fraction of sp³-hybridized carbons (Fsp3) is 0.188. The van der Waals surface area contributed by atoms with Gasteiger partial charge in [0.1, 0.15) is 5.70 Å². The number of nitrogens with zero attached hydrogens (tertiary/aromatic N) is 3. The van der Waals surface area contributed by atoms with Gasteiger partial charge in [0.05, 0.1) is 11.4 Å². The molecule has 0 aliphatic carbocycles. The van der Waals surface area contributed by atoms with Gasteiger partial charge < -0.3 is 5.32 Å². The van der Waals surface area contributed by atoms with Gasteiger partial charge in [-0.1, -0.05) is 18.2 Å². The highest BCUT2D eigenvalue weighted by Gasteiger charge is 2.32. The van der Waals surface area contributed by atoms with Crippen LogP contribution in [0.3, 0.4) is 0 Å². The van der Waals surface area contributed by atoms with Crippen LogP contribution < -0.4 is 10.2 Å². The lowest BCUT2D eigenvalue weighted by atomic mass is 10.2. The van der Waals surface area contributed by atoms with E-state index in [0.29, 0.717) is 10.8 Å². The van der Waals surface area contributed by atoms with E-state index in [2.05, 4.69) is 10.4 Å². The SMILES string of the molecule is Cc1ccccc1N1C(=O)/C(=C\c2cc(C)n(C)n2)NC1=S. The van der Waals surface area contributed by atoms with Gasteiger partial charge in [0.2, 0.25) is 0 Å². The molecular formula is C16H16N4OS. The summed E-state index contributed by atoms with van der Waals surface area (Å²) >= 11 is 5.31. The number of aromatic nitrogens is 2. The molecule has 1 N–H and O–H groups in total. The zero-order valence-corrected chi connectivity index (χ0v) is 13.4. The van der Waals surface area contributed by atoms with E-state index in [1.807, 2.05) is 51.2 Å². The lowest BCUT2D eigenvalue weighted by Gasteiger charge is -2.16. The monoisotopic (exact) mass is 312 g/mol. The van der Waals surface area contributed by atoms with Crippen LogP contribution in [0, 0.1) is 13.8 Å². The van der Waals surface area contributed by atoms with Crippen LogP contribution in [0.15, 0.2) is 36.0 Å². The quantitative estimate of drug-likeness (QED) is 0.683. The second-order valence-corrected chi connectivity index (χ2v) is 5.64. The maximum atomic E-state index is 12.6. The lowest BCUT2D eigenvalue weighted by Crippen LogP contribution is -2.30. The topological polar surface area (TPSA) is 50.2 Å². The number of thiocarbonyl (C=S) groups is 1. The Morgan fingerprint density at radius 1 is 1.27 bits per heavy atom. The van der Waals surface area contributed by atoms with Crippen LogP contribution in [0.4, 0.5) is 5.69 Å². The van der Waals surface area contributed by atoms with E-state index < -0.39 is 0 Å². The van der Waals surface area contributed by atoms with Crippen molar-refractivity contribution < 1.29 is 4.79 Å². The number of carbonyl (C=O) groups is 1. The standard InChI is InChI=1S/C16H16N4OS/c1-10-6-4-5-7-14(10)20-15(21)13(17-16(20)22)9-12-8-11(2)19(3)18-12/h4-9H,1-3H3,(H,17,22)/b13-9+. The summed E-state index contributed by atoms with van der Waals surface area (Å²) in [6.07, 6.45) is 1.72. The Balaban J connectivity index is 1.96. The van der Waals surface area contributed by atoms with E-state index in [0.717, 1.165) is 22.6 Å². The van der Waals surface area contributed by atoms with Crippen molar-refractivity contribution in [1.82, 2.24) is 15.1 Å². The minimum absolute atomic E-state index is 0.164. The molecule has 0 atom stereocenters. The van der Waals surface area contributed by atoms with E-state index in [-0.39, 0.29) is 5.91 Å². The van der Waals surface area contributed by atoms with E-state index >= 15 is 0 Å². The minimum atomic E-state index is -0.164. The highest BCUT2D eigenvalue weighted by Crippen LogP contribution is 2.25. The first-order valence-electron chi connectivity index (χ1n) is 6.91. The summed E-state index contributed by atoms with van der Waals surface area (Å²) in [7, 11) is 1.87. The average molecular weight is 312 g/mol. The van der Waals surface area contributed by atoms with Crippen molar-refractivity contribution in [2.24, 2.45) is 7.05 Å². The normalized spacial score (nSPS) is 16.5. The number of rotatable bonds is 2. The second-order valence-electron chi connectivity index (χ2n) is 5.25. The zero-order chi connectivity index (χ0) is 15.9. The molecule has 0 spiro atoms. The van der Waals surface area contributed by atoms with E-state index in [1.54, 1.807) is 10.8 Å². The van der Waals surface area contributed by atoms with E-state index in [1.165, 1.54) is 4.90 Å². The Labute approximate surface area is 134 Å². The smallest absolute Gasteiger partial charge is 0.281 e. The third kappa shape index (κ3) is 2.42. The number of hydrogen-bond donors (Lipinski definition) is 1. The Morgan fingerprint density at radius 3 is 2.64 bits per heavy atom. The molecule has 5 nitrogen and oxygen atoms in total. The molecule has 0 radical (unpaired) electrons. The average Bonchev–Trinajstić information content (AvgIpc) is 2.92. The van der Waals surface area contributed by atoms with Crippen molar-refractivity contribution in [2.45, 2.75) is 13.8 Å². The van der Waals surface area contributed by atoms with Crippen molar-refractivity contribution in [3.8, 4) is 0 Å². The van der Waals surface area contributed by atoms with Crippen molar-refractivity contribution in [2.75, 3.05) is 4.90 Å². The molecule has 1 aromatic heterocycles. The Kier molecular flexibility index (Phi) is 3.54. The maximum absolute atomic E-state index is 12.6. The number of carbonyl (C=O) groups excluding carboxylic acids is 1. The molecule has 22 heavy (non-hydrogen) atoms. The van der Waals surface area contributed by atoms with Crippen LogP contribution in [-0.2, 0) is 11.8 Å². The van der Waals surface area contributed by atoms with Crippen molar-refractivity contribution >= 4 is 35.0 Å². The first-order valence-corrected chi connectivity index (χ1v) is 7.31. The van der Waals surface area contributed by atoms with Crippen molar-refractivity contribution in [3.63, 3.8) is 0 Å². The third-order valence-electron chi connectivity index (χ3n) is 3.66. The van der Waals surface area contributed by atoms with Crippen molar-refractivity contribution in [3.05, 3.63) is 53.0 Å². The van der Waals surface area contributed by atoms with Gasteiger partial charge in [-0.05, 0) is 49.8 Å².